The average molecular weight is 238 g/mol. The molecular formula is C10H14N4O3. The Labute approximate surface area is 98.0 Å². The number of carboxylic acid groups (broad SMARTS) is 1. The Kier molecular flexibility index (Phi) is 3.36. The summed E-state index contributed by atoms with van der Waals surface area (Å²) in [6.07, 6.45) is 3.52. The molecule has 7 nitrogen and oxygen atoms in total. The van der Waals surface area contributed by atoms with Crippen molar-refractivity contribution in [3.8, 4) is 0 Å². The topological polar surface area (TPSA) is 88.3 Å². The number of aryl methyl sites for hydroxylation is 1. The zero-order valence-electron chi connectivity index (χ0n) is 9.32. The van der Waals surface area contributed by atoms with E-state index >= 15 is 0 Å². The summed E-state index contributed by atoms with van der Waals surface area (Å²) in [6, 6.07) is 0. The molecule has 1 amide bonds. The van der Waals surface area contributed by atoms with Gasteiger partial charge in [0, 0.05) is 25.4 Å². The smallest absolute Gasteiger partial charge is 0.303 e. The Balaban J connectivity index is 1.67. The van der Waals surface area contributed by atoms with Gasteiger partial charge in [0.05, 0.1) is 13.0 Å². The van der Waals surface area contributed by atoms with Gasteiger partial charge in [0.1, 0.15) is 12.7 Å². The number of carbonyl (C=O) groups excluding carboxylic acids is 1. The van der Waals surface area contributed by atoms with Crippen molar-refractivity contribution in [2.24, 2.45) is 5.92 Å². The van der Waals surface area contributed by atoms with Gasteiger partial charge in [0.15, 0.2) is 0 Å². The lowest BCUT2D eigenvalue weighted by Crippen LogP contribution is -2.50. The number of aromatic nitrogens is 3. The molecule has 0 saturated carbocycles. The number of rotatable bonds is 5. The first-order chi connectivity index (χ1) is 8.15. The standard InChI is InChI=1S/C10H14N4O3/c15-9(1-2-14-7-11-6-12-14)13-4-8(5-13)3-10(16)17/h6-8H,1-5H2,(H,16,17). The van der Waals surface area contributed by atoms with Crippen LogP contribution in [-0.4, -0.2) is 49.7 Å². The van der Waals surface area contributed by atoms with E-state index in [1.165, 1.54) is 6.33 Å². The lowest BCUT2D eigenvalue weighted by atomic mass is 9.96. The molecule has 0 aromatic carbocycles. The molecule has 92 valence electrons. The van der Waals surface area contributed by atoms with Crippen LogP contribution in [0.15, 0.2) is 12.7 Å². The summed E-state index contributed by atoms with van der Waals surface area (Å²) in [5.41, 5.74) is 0. The molecule has 2 heterocycles. The van der Waals surface area contributed by atoms with Crippen LogP contribution in [0.25, 0.3) is 0 Å². The Morgan fingerprint density at radius 1 is 1.41 bits per heavy atom. The molecule has 1 saturated heterocycles. The Hall–Kier alpha value is -1.92. The van der Waals surface area contributed by atoms with Gasteiger partial charge in [-0.3, -0.25) is 14.3 Å². The highest BCUT2D eigenvalue weighted by Crippen LogP contribution is 2.19. The number of hydrogen-bond donors (Lipinski definition) is 1. The molecule has 1 aliphatic rings. The van der Waals surface area contributed by atoms with Crippen molar-refractivity contribution in [2.75, 3.05) is 13.1 Å². The van der Waals surface area contributed by atoms with Gasteiger partial charge in [-0.15, -0.1) is 0 Å². The van der Waals surface area contributed by atoms with Crippen molar-refractivity contribution in [1.29, 1.82) is 0 Å². The number of likely N-dealkylation sites (tertiary alicyclic amines) is 1. The number of amides is 1. The van der Waals surface area contributed by atoms with Crippen molar-refractivity contribution in [2.45, 2.75) is 19.4 Å². The minimum atomic E-state index is -0.801. The van der Waals surface area contributed by atoms with Gasteiger partial charge in [0.2, 0.25) is 5.91 Å². The molecule has 1 aromatic heterocycles. The molecular weight excluding hydrogens is 224 g/mol. The fraction of sp³-hybridized carbons (Fsp3) is 0.600. The molecule has 1 fully saturated rings. The van der Waals surface area contributed by atoms with Crippen molar-refractivity contribution in [1.82, 2.24) is 19.7 Å². The summed E-state index contributed by atoms with van der Waals surface area (Å²) in [6.45, 7) is 1.63. The van der Waals surface area contributed by atoms with Crippen LogP contribution in [0.2, 0.25) is 0 Å². The minimum Gasteiger partial charge on any atom is -0.481 e. The fourth-order valence-corrected chi connectivity index (χ4v) is 1.87. The number of aliphatic carboxylic acids is 1. The van der Waals surface area contributed by atoms with Crippen LogP contribution in [0.1, 0.15) is 12.8 Å². The maximum absolute atomic E-state index is 11.7. The van der Waals surface area contributed by atoms with Crippen LogP contribution in [0.3, 0.4) is 0 Å². The Morgan fingerprint density at radius 2 is 2.18 bits per heavy atom. The summed E-state index contributed by atoms with van der Waals surface area (Å²) in [5.74, 6) is -0.644. The molecule has 1 N–H and O–H groups in total. The molecule has 0 radical (unpaired) electrons. The summed E-state index contributed by atoms with van der Waals surface area (Å²) < 4.78 is 1.60. The zero-order chi connectivity index (χ0) is 12.3. The molecule has 0 atom stereocenters. The van der Waals surface area contributed by atoms with Crippen LogP contribution < -0.4 is 0 Å². The summed E-state index contributed by atoms with van der Waals surface area (Å²) in [4.78, 5) is 27.6. The maximum Gasteiger partial charge on any atom is 0.303 e. The van der Waals surface area contributed by atoms with E-state index in [1.807, 2.05) is 0 Å². The van der Waals surface area contributed by atoms with Gasteiger partial charge in [-0.25, -0.2) is 4.98 Å². The highest BCUT2D eigenvalue weighted by atomic mass is 16.4. The van der Waals surface area contributed by atoms with E-state index in [2.05, 4.69) is 10.1 Å². The van der Waals surface area contributed by atoms with Crippen LogP contribution in [0.4, 0.5) is 0 Å². The second kappa shape index (κ2) is 4.94. The van der Waals surface area contributed by atoms with Crippen LogP contribution in [0.5, 0.6) is 0 Å². The first kappa shape index (κ1) is 11.6. The third kappa shape index (κ3) is 3.02. The van der Waals surface area contributed by atoms with Gasteiger partial charge in [0.25, 0.3) is 0 Å². The Morgan fingerprint density at radius 3 is 2.76 bits per heavy atom. The molecule has 1 aliphatic heterocycles. The number of carboxylic acids is 1. The van der Waals surface area contributed by atoms with E-state index in [-0.39, 0.29) is 18.2 Å². The number of hydrogen-bond acceptors (Lipinski definition) is 4. The van der Waals surface area contributed by atoms with Gasteiger partial charge >= 0.3 is 5.97 Å². The lowest BCUT2D eigenvalue weighted by Gasteiger charge is -2.38. The first-order valence-corrected chi connectivity index (χ1v) is 5.47. The molecule has 17 heavy (non-hydrogen) atoms. The number of nitrogens with zero attached hydrogens (tertiary/aromatic N) is 4. The van der Waals surface area contributed by atoms with E-state index in [0.717, 1.165) is 0 Å². The highest BCUT2D eigenvalue weighted by Gasteiger charge is 2.31. The molecule has 0 spiro atoms. The average Bonchev–Trinajstić information content (AvgIpc) is 2.71. The summed E-state index contributed by atoms with van der Waals surface area (Å²) in [5, 5.41) is 12.5. The largest absolute Gasteiger partial charge is 0.481 e. The van der Waals surface area contributed by atoms with E-state index in [9.17, 15) is 9.59 Å². The molecule has 0 unspecified atom stereocenters. The van der Waals surface area contributed by atoms with Crippen LogP contribution in [0, 0.1) is 5.92 Å². The van der Waals surface area contributed by atoms with Gasteiger partial charge in [-0.2, -0.15) is 5.10 Å². The van der Waals surface area contributed by atoms with Crippen LogP contribution >= 0.6 is 0 Å². The van der Waals surface area contributed by atoms with E-state index < -0.39 is 5.97 Å². The van der Waals surface area contributed by atoms with E-state index in [4.69, 9.17) is 5.11 Å². The molecule has 1 aromatic rings. The second-order valence-corrected chi connectivity index (χ2v) is 4.17. The monoisotopic (exact) mass is 238 g/mol. The first-order valence-electron chi connectivity index (χ1n) is 5.47. The van der Waals surface area contributed by atoms with E-state index in [0.29, 0.717) is 26.1 Å². The zero-order valence-corrected chi connectivity index (χ0v) is 9.32. The fourth-order valence-electron chi connectivity index (χ4n) is 1.87. The lowest BCUT2D eigenvalue weighted by molar-refractivity contribution is -0.145. The maximum atomic E-state index is 11.7. The molecule has 7 heteroatoms. The SMILES string of the molecule is O=C(O)CC1CN(C(=O)CCn2cncn2)C1. The third-order valence-electron chi connectivity index (χ3n) is 2.79. The van der Waals surface area contributed by atoms with Crippen LogP contribution in [-0.2, 0) is 16.1 Å². The van der Waals surface area contributed by atoms with Gasteiger partial charge in [-0.1, -0.05) is 0 Å². The summed E-state index contributed by atoms with van der Waals surface area (Å²) in [7, 11) is 0. The molecule has 2 rings (SSSR count). The van der Waals surface area contributed by atoms with E-state index in [1.54, 1.807) is 15.9 Å². The predicted octanol–water partition coefficient (Wildman–Crippen LogP) is -0.399. The van der Waals surface area contributed by atoms with Gasteiger partial charge in [-0.05, 0) is 0 Å². The Bertz CT molecular complexity index is 398. The van der Waals surface area contributed by atoms with Gasteiger partial charge < -0.3 is 10.0 Å². The van der Waals surface area contributed by atoms with Crippen molar-refractivity contribution < 1.29 is 14.7 Å². The third-order valence-corrected chi connectivity index (χ3v) is 2.79. The summed E-state index contributed by atoms with van der Waals surface area (Å²) >= 11 is 0. The molecule has 0 aliphatic carbocycles. The van der Waals surface area contributed by atoms with Crippen molar-refractivity contribution in [3.05, 3.63) is 12.7 Å². The predicted molar refractivity (Wildman–Crippen MR) is 57.0 cm³/mol. The van der Waals surface area contributed by atoms with Crippen molar-refractivity contribution >= 4 is 11.9 Å². The highest BCUT2D eigenvalue weighted by molar-refractivity contribution is 5.77. The quantitative estimate of drug-likeness (QED) is 0.754. The van der Waals surface area contributed by atoms with Crippen molar-refractivity contribution in [3.63, 3.8) is 0 Å². The number of carbonyl (C=O) groups is 2. The minimum absolute atomic E-state index is 0.0436. The second-order valence-electron chi connectivity index (χ2n) is 4.17. The molecule has 0 bridgehead atoms. The normalized spacial score (nSPS) is 15.6.